The minimum atomic E-state index is 0.874. The van der Waals surface area contributed by atoms with E-state index in [2.05, 4.69) is 220 Å². The summed E-state index contributed by atoms with van der Waals surface area (Å²) in [5.74, 6) is 0. The van der Waals surface area contributed by atoms with E-state index < -0.39 is 0 Å². The summed E-state index contributed by atoms with van der Waals surface area (Å²) in [6, 6.07) is 76.6. The van der Waals surface area contributed by atoms with Crippen molar-refractivity contribution in [1.82, 2.24) is 13.7 Å². The summed E-state index contributed by atoms with van der Waals surface area (Å²) in [7, 11) is 0. The number of nitrogens with zero attached hydrogens (tertiary/aromatic N) is 3. The van der Waals surface area contributed by atoms with Crippen LogP contribution in [-0.4, -0.2) is 13.7 Å². The van der Waals surface area contributed by atoms with E-state index in [0.29, 0.717) is 0 Å². The van der Waals surface area contributed by atoms with Crippen LogP contribution in [0, 0.1) is 0 Å². The minimum absolute atomic E-state index is 0.874. The SMILES string of the molecule is c1ccc(-n2c3ccccc3c3c4cc(-c5ccc(-c6ccc(-n7c8ccccc8c8cc(-n9c%10ccccc%10c%10ccccc%109)ccc87)cc6)cc5)ccc4oc32)cc1. The standard InChI is InChI=1S/C56H35N3O/c1-2-12-40(13-3-1)59-52-21-11-7-17-46(52)55-48-34-39(28-33-54(48)60-56(55)59)38-24-22-36(23-25-38)37-26-29-41(30-27-37)57-51-20-10-6-16-45(51)47-35-42(31-32-53(47)57)58-49-18-8-4-14-43(49)44-15-5-9-19-50(44)58/h1-35H. The van der Waals surface area contributed by atoms with Gasteiger partial charge in [0.05, 0.1) is 33.0 Å². The van der Waals surface area contributed by atoms with Crippen LogP contribution < -0.4 is 0 Å². The van der Waals surface area contributed by atoms with Crippen LogP contribution in [0.3, 0.4) is 0 Å². The fourth-order valence-electron chi connectivity index (χ4n) is 9.74. The summed E-state index contributed by atoms with van der Waals surface area (Å²) in [6.07, 6.45) is 0. The van der Waals surface area contributed by atoms with Crippen molar-refractivity contribution in [3.63, 3.8) is 0 Å². The molecule has 4 nitrogen and oxygen atoms in total. The molecule has 0 saturated carbocycles. The lowest BCUT2D eigenvalue weighted by atomic mass is 9.99. The van der Waals surface area contributed by atoms with Gasteiger partial charge >= 0.3 is 0 Å². The number of para-hydroxylation sites is 5. The Labute approximate surface area is 345 Å². The molecule has 0 N–H and O–H groups in total. The molecule has 0 amide bonds. The quantitative estimate of drug-likeness (QED) is 0.171. The van der Waals surface area contributed by atoms with E-state index in [-0.39, 0.29) is 0 Å². The van der Waals surface area contributed by atoms with Crippen LogP contribution in [-0.2, 0) is 0 Å². The smallest absolute Gasteiger partial charge is 0.213 e. The first-order valence-electron chi connectivity index (χ1n) is 20.5. The van der Waals surface area contributed by atoms with Crippen molar-refractivity contribution in [1.29, 1.82) is 0 Å². The molecule has 0 bridgehead atoms. The molecule has 0 spiro atoms. The van der Waals surface area contributed by atoms with Gasteiger partial charge in [0, 0.05) is 49.4 Å². The van der Waals surface area contributed by atoms with Gasteiger partial charge in [0.15, 0.2) is 0 Å². The third kappa shape index (κ3) is 4.79. The number of hydrogen-bond acceptors (Lipinski definition) is 1. The highest BCUT2D eigenvalue weighted by Gasteiger charge is 2.20. The molecule has 13 rings (SSSR count). The first kappa shape index (κ1) is 32.9. The van der Waals surface area contributed by atoms with Gasteiger partial charge in [0.1, 0.15) is 5.58 Å². The van der Waals surface area contributed by atoms with Crippen molar-refractivity contribution in [2.45, 2.75) is 0 Å². The summed E-state index contributed by atoms with van der Waals surface area (Å²) in [5, 5.41) is 8.48. The van der Waals surface area contributed by atoms with Crippen LogP contribution in [0.4, 0.5) is 0 Å². The highest BCUT2D eigenvalue weighted by Crippen LogP contribution is 2.41. The van der Waals surface area contributed by atoms with E-state index in [1.807, 2.05) is 6.07 Å². The predicted octanol–water partition coefficient (Wildman–Crippen LogP) is 15.1. The summed E-state index contributed by atoms with van der Waals surface area (Å²) in [6.45, 7) is 0. The Morgan fingerprint density at radius 2 is 0.700 bits per heavy atom. The lowest BCUT2D eigenvalue weighted by Crippen LogP contribution is -1.95. The average Bonchev–Trinajstić information content (AvgIpc) is 4.05. The van der Waals surface area contributed by atoms with Gasteiger partial charge < -0.3 is 13.6 Å². The van der Waals surface area contributed by atoms with Crippen molar-refractivity contribution in [3.05, 3.63) is 212 Å². The largest absolute Gasteiger partial charge is 0.439 e. The molecule has 0 aliphatic heterocycles. The van der Waals surface area contributed by atoms with E-state index in [1.54, 1.807) is 0 Å². The Morgan fingerprint density at radius 1 is 0.267 bits per heavy atom. The fraction of sp³-hybridized carbons (Fsp3) is 0. The zero-order valence-electron chi connectivity index (χ0n) is 32.5. The Balaban J connectivity index is 0.854. The molecular weight excluding hydrogens is 731 g/mol. The molecule has 9 aromatic carbocycles. The van der Waals surface area contributed by atoms with Crippen molar-refractivity contribution < 1.29 is 4.42 Å². The zero-order chi connectivity index (χ0) is 39.3. The van der Waals surface area contributed by atoms with Gasteiger partial charge in [-0.2, -0.15) is 0 Å². The third-order valence-electron chi connectivity index (χ3n) is 12.5. The molecule has 280 valence electrons. The first-order chi connectivity index (χ1) is 29.8. The van der Waals surface area contributed by atoms with Gasteiger partial charge in [0.2, 0.25) is 5.71 Å². The van der Waals surface area contributed by atoms with E-state index in [4.69, 9.17) is 4.42 Å². The van der Waals surface area contributed by atoms with E-state index in [1.165, 1.54) is 65.7 Å². The average molecular weight is 766 g/mol. The van der Waals surface area contributed by atoms with Crippen LogP contribution >= 0.6 is 0 Å². The molecule has 4 heterocycles. The molecule has 0 radical (unpaired) electrons. The number of furan rings is 1. The summed E-state index contributed by atoms with van der Waals surface area (Å²) < 4.78 is 13.6. The summed E-state index contributed by atoms with van der Waals surface area (Å²) >= 11 is 0. The molecule has 4 heteroatoms. The van der Waals surface area contributed by atoms with Crippen molar-refractivity contribution in [3.8, 4) is 39.3 Å². The Kier molecular flexibility index (Phi) is 6.98. The maximum absolute atomic E-state index is 6.58. The number of fused-ring (bicyclic) bond motifs is 11. The molecule has 0 aliphatic carbocycles. The lowest BCUT2D eigenvalue weighted by Gasteiger charge is -2.11. The first-order valence-corrected chi connectivity index (χ1v) is 20.5. The van der Waals surface area contributed by atoms with Gasteiger partial charge in [-0.3, -0.25) is 4.57 Å². The number of aromatic nitrogens is 3. The topological polar surface area (TPSA) is 27.9 Å². The second-order valence-electron chi connectivity index (χ2n) is 15.7. The van der Waals surface area contributed by atoms with Gasteiger partial charge in [-0.25, -0.2) is 0 Å². The molecule has 60 heavy (non-hydrogen) atoms. The van der Waals surface area contributed by atoms with Crippen LogP contribution in [0.2, 0.25) is 0 Å². The Bertz CT molecular complexity index is 3750. The molecular formula is C56H35N3O. The monoisotopic (exact) mass is 765 g/mol. The van der Waals surface area contributed by atoms with Gasteiger partial charge in [-0.15, -0.1) is 0 Å². The molecule has 13 aromatic rings. The number of rotatable bonds is 5. The van der Waals surface area contributed by atoms with Gasteiger partial charge in [0.25, 0.3) is 0 Å². The van der Waals surface area contributed by atoms with Gasteiger partial charge in [-0.1, -0.05) is 133 Å². The molecule has 0 unspecified atom stereocenters. The maximum atomic E-state index is 6.58. The number of hydrogen-bond donors (Lipinski definition) is 0. The lowest BCUT2D eigenvalue weighted by molar-refractivity contribution is 0.645. The second-order valence-corrected chi connectivity index (χ2v) is 15.7. The fourth-order valence-corrected chi connectivity index (χ4v) is 9.74. The van der Waals surface area contributed by atoms with Gasteiger partial charge in [-0.05, 0) is 101 Å². The third-order valence-corrected chi connectivity index (χ3v) is 12.5. The molecule has 0 saturated heterocycles. The van der Waals surface area contributed by atoms with Crippen LogP contribution in [0.1, 0.15) is 0 Å². The summed E-state index contributed by atoms with van der Waals surface area (Å²) in [5.41, 5.74) is 15.8. The Hall–Kier alpha value is -8.08. The summed E-state index contributed by atoms with van der Waals surface area (Å²) in [4.78, 5) is 0. The number of benzene rings is 9. The van der Waals surface area contributed by atoms with E-state index in [9.17, 15) is 0 Å². The highest BCUT2D eigenvalue weighted by atomic mass is 16.3. The van der Waals surface area contributed by atoms with Crippen LogP contribution in [0.5, 0.6) is 0 Å². The normalized spacial score (nSPS) is 12.0. The Morgan fingerprint density at radius 3 is 1.33 bits per heavy atom. The molecule has 4 aromatic heterocycles. The molecule has 0 atom stereocenters. The minimum Gasteiger partial charge on any atom is -0.439 e. The highest BCUT2D eigenvalue weighted by molar-refractivity contribution is 6.20. The molecule has 0 fully saturated rings. The van der Waals surface area contributed by atoms with E-state index >= 15 is 0 Å². The van der Waals surface area contributed by atoms with Crippen molar-refractivity contribution in [2.75, 3.05) is 0 Å². The van der Waals surface area contributed by atoms with Crippen LogP contribution in [0.15, 0.2) is 217 Å². The van der Waals surface area contributed by atoms with Crippen molar-refractivity contribution in [2.24, 2.45) is 0 Å². The zero-order valence-corrected chi connectivity index (χ0v) is 32.5. The maximum Gasteiger partial charge on any atom is 0.213 e. The second kappa shape index (κ2) is 12.7. The van der Waals surface area contributed by atoms with E-state index in [0.717, 1.165) is 50.2 Å². The van der Waals surface area contributed by atoms with Crippen LogP contribution in [0.25, 0.3) is 116 Å². The predicted molar refractivity (Wildman–Crippen MR) is 250 cm³/mol. The molecule has 0 aliphatic rings. The van der Waals surface area contributed by atoms with Crippen molar-refractivity contribution >= 4 is 76.6 Å².